The molecule has 10 nitrogen and oxygen atoms in total. The minimum absolute atomic E-state index is 0.106. The van der Waals surface area contributed by atoms with Crippen molar-refractivity contribution in [1.29, 1.82) is 0 Å². The van der Waals surface area contributed by atoms with Crippen molar-refractivity contribution in [2.24, 2.45) is 0 Å². The molecule has 3 aromatic rings. The average molecular weight is 596 g/mol. The summed E-state index contributed by atoms with van der Waals surface area (Å²) in [6.07, 6.45) is 4.45. The van der Waals surface area contributed by atoms with Gasteiger partial charge in [0, 0.05) is 19.6 Å². The summed E-state index contributed by atoms with van der Waals surface area (Å²) < 4.78 is 45.4. The minimum Gasteiger partial charge on any atom is -0.496 e. The van der Waals surface area contributed by atoms with Crippen molar-refractivity contribution < 1.29 is 32.2 Å². The topological polar surface area (TPSA) is 123 Å². The van der Waals surface area contributed by atoms with E-state index in [-0.39, 0.29) is 27.6 Å². The zero-order valence-electron chi connectivity index (χ0n) is 24.1. The van der Waals surface area contributed by atoms with Crippen molar-refractivity contribution in [3.8, 4) is 17.2 Å². The maximum Gasteiger partial charge on any atom is 0.261 e. The summed E-state index contributed by atoms with van der Waals surface area (Å²) in [5.74, 6) is 0.815. The molecule has 0 aromatic heterocycles. The van der Waals surface area contributed by atoms with Crippen molar-refractivity contribution >= 4 is 27.5 Å². The molecule has 42 heavy (non-hydrogen) atoms. The molecule has 1 saturated heterocycles. The van der Waals surface area contributed by atoms with E-state index in [9.17, 15) is 18.0 Å². The van der Waals surface area contributed by atoms with Crippen LogP contribution in [0.5, 0.6) is 17.2 Å². The van der Waals surface area contributed by atoms with Gasteiger partial charge in [0.05, 0.1) is 43.0 Å². The van der Waals surface area contributed by atoms with Crippen molar-refractivity contribution in [3.05, 3.63) is 77.4 Å². The van der Waals surface area contributed by atoms with E-state index >= 15 is 0 Å². The highest BCUT2D eigenvalue weighted by atomic mass is 32.2. The number of rotatable bonds is 11. The molecule has 0 atom stereocenters. The van der Waals surface area contributed by atoms with Gasteiger partial charge >= 0.3 is 0 Å². The number of carbonyl (C=O) groups excluding carboxylic acids is 2. The Morgan fingerprint density at radius 1 is 0.786 bits per heavy atom. The summed E-state index contributed by atoms with van der Waals surface area (Å²) in [7, 11) is 0.417. The van der Waals surface area contributed by atoms with E-state index in [4.69, 9.17) is 14.2 Å². The number of hydrogen-bond acceptors (Lipinski definition) is 7. The Morgan fingerprint density at radius 3 is 2.14 bits per heavy atom. The number of hydrogen-bond donors (Lipinski definition) is 2. The molecule has 4 rings (SSSR count). The number of amides is 2. The van der Waals surface area contributed by atoms with Gasteiger partial charge in [-0.25, -0.2) is 8.42 Å². The molecule has 3 aromatic carbocycles. The number of nitrogens with zero attached hydrogens (tertiary/aromatic N) is 1. The van der Waals surface area contributed by atoms with E-state index in [0.717, 1.165) is 31.2 Å². The second kappa shape index (κ2) is 14.1. The second-order valence-corrected chi connectivity index (χ2v) is 11.6. The maximum atomic E-state index is 13.5. The van der Waals surface area contributed by atoms with Crippen LogP contribution >= 0.6 is 0 Å². The lowest BCUT2D eigenvalue weighted by atomic mass is 10.1. The van der Waals surface area contributed by atoms with Crippen LogP contribution in [0.3, 0.4) is 0 Å². The lowest BCUT2D eigenvalue weighted by Crippen LogP contribution is -2.32. The number of anilines is 1. The molecular weight excluding hydrogens is 558 g/mol. The predicted molar refractivity (Wildman–Crippen MR) is 160 cm³/mol. The van der Waals surface area contributed by atoms with Crippen LogP contribution in [-0.2, 0) is 16.4 Å². The number of benzene rings is 3. The highest BCUT2D eigenvalue weighted by Gasteiger charge is 2.25. The molecule has 1 fully saturated rings. The molecule has 0 unspecified atom stereocenters. The van der Waals surface area contributed by atoms with Crippen LogP contribution in [0.15, 0.2) is 65.6 Å². The third-order valence-corrected chi connectivity index (χ3v) is 8.53. The van der Waals surface area contributed by atoms with Gasteiger partial charge in [-0.1, -0.05) is 31.0 Å². The monoisotopic (exact) mass is 595 g/mol. The first-order valence-electron chi connectivity index (χ1n) is 13.9. The zero-order chi connectivity index (χ0) is 30.1. The summed E-state index contributed by atoms with van der Waals surface area (Å²) in [4.78, 5) is 28.1. The quantitative estimate of drug-likeness (QED) is 0.335. The number of likely N-dealkylation sites (tertiary alicyclic amines) is 1. The van der Waals surface area contributed by atoms with Crippen LogP contribution in [0.2, 0.25) is 0 Å². The molecule has 0 aliphatic carbocycles. The van der Waals surface area contributed by atoms with Gasteiger partial charge in [-0.05, 0) is 67.3 Å². The minimum atomic E-state index is -4.15. The smallest absolute Gasteiger partial charge is 0.261 e. The summed E-state index contributed by atoms with van der Waals surface area (Å²) in [5, 5.41) is 2.85. The van der Waals surface area contributed by atoms with Crippen molar-refractivity contribution in [1.82, 2.24) is 10.2 Å². The SMILES string of the molecule is COc1ccc(CCNC(=O)c2ccccc2NS(=O)(=O)c2ccc(OC)c(C(=O)N3CCCCCC3)c2)cc1OC. The van der Waals surface area contributed by atoms with Gasteiger partial charge in [0.1, 0.15) is 5.75 Å². The number of sulfonamides is 1. The van der Waals surface area contributed by atoms with E-state index in [1.54, 1.807) is 43.4 Å². The van der Waals surface area contributed by atoms with E-state index in [0.29, 0.717) is 43.3 Å². The first kappa shape index (κ1) is 30.7. The first-order chi connectivity index (χ1) is 20.3. The molecule has 0 spiro atoms. The Balaban J connectivity index is 1.49. The normalized spacial score (nSPS) is 13.5. The van der Waals surface area contributed by atoms with Crippen molar-refractivity contribution in [2.75, 3.05) is 45.7 Å². The number of ether oxygens (including phenoxy) is 3. The fourth-order valence-electron chi connectivity index (χ4n) is 4.89. The molecule has 2 amide bonds. The molecule has 0 radical (unpaired) electrons. The fourth-order valence-corrected chi connectivity index (χ4v) is 6.00. The van der Waals surface area contributed by atoms with Gasteiger partial charge in [-0.2, -0.15) is 0 Å². The predicted octanol–water partition coefficient (Wildman–Crippen LogP) is 4.50. The summed E-state index contributed by atoms with van der Waals surface area (Å²) in [6, 6.07) is 16.1. The van der Waals surface area contributed by atoms with Gasteiger partial charge in [0.25, 0.3) is 21.8 Å². The van der Waals surface area contributed by atoms with Crippen molar-refractivity contribution in [3.63, 3.8) is 0 Å². The van der Waals surface area contributed by atoms with Gasteiger partial charge in [-0.15, -0.1) is 0 Å². The molecule has 1 heterocycles. The third-order valence-electron chi connectivity index (χ3n) is 7.17. The van der Waals surface area contributed by atoms with Gasteiger partial charge in [0.15, 0.2) is 11.5 Å². The van der Waals surface area contributed by atoms with E-state index in [2.05, 4.69) is 10.0 Å². The molecular formula is C31H37N3O7S. The Kier molecular flexibility index (Phi) is 10.3. The van der Waals surface area contributed by atoms with Crippen LogP contribution in [0.25, 0.3) is 0 Å². The van der Waals surface area contributed by atoms with Crippen LogP contribution < -0.4 is 24.2 Å². The van der Waals surface area contributed by atoms with Crippen LogP contribution in [0.1, 0.15) is 52.0 Å². The Hall–Kier alpha value is -4.25. The summed E-state index contributed by atoms with van der Waals surface area (Å²) >= 11 is 0. The maximum absolute atomic E-state index is 13.5. The van der Waals surface area contributed by atoms with Crippen LogP contribution in [0.4, 0.5) is 5.69 Å². The van der Waals surface area contributed by atoms with Gasteiger partial charge in [0.2, 0.25) is 0 Å². The molecule has 0 saturated carbocycles. The highest BCUT2D eigenvalue weighted by molar-refractivity contribution is 7.92. The average Bonchev–Trinajstić information content (AvgIpc) is 3.30. The molecule has 1 aliphatic heterocycles. The van der Waals surface area contributed by atoms with Crippen LogP contribution in [-0.4, -0.2) is 66.1 Å². The lowest BCUT2D eigenvalue weighted by molar-refractivity contribution is 0.0757. The second-order valence-electron chi connectivity index (χ2n) is 9.91. The highest BCUT2D eigenvalue weighted by Crippen LogP contribution is 2.29. The zero-order valence-corrected chi connectivity index (χ0v) is 25.0. The van der Waals surface area contributed by atoms with E-state index < -0.39 is 15.9 Å². The molecule has 1 aliphatic rings. The van der Waals surface area contributed by atoms with Crippen molar-refractivity contribution in [2.45, 2.75) is 37.0 Å². The number of para-hydroxylation sites is 1. The summed E-state index contributed by atoms with van der Waals surface area (Å²) in [5.41, 5.74) is 1.41. The molecule has 11 heteroatoms. The van der Waals surface area contributed by atoms with Gasteiger partial charge < -0.3 is 24.4 Å². The third kappa shape index (κ3) is 7.33. The Morgan fingerprint density at radius 2 is 1.45 bits per heavy atom. The molecule has 2 N–H and O–H groups in total. The largest absolute Gasteiger partial charge is 0.496 e. The number of carbonyl (C=O) groups is 2. The Bertz CT molecular complexity index is 1520. The molecule has 0 bridgehead atoms. The van der Waals surface area contributed by atoms with Crippen LogP contribution in [0, 0.1) is 0 Å². The number of methoxy groups -OCH3 is 3. The fraction of sp³-hybridized carbons (Fsp3) is 0.355. The van der Waals surface area contributed by atoms with E-state index in [1.165, 1.54) is 31.4 Å². The van der Waals surface area contributed by atoms with E-state index in [1.807, 2.05) is 12.1 Å². The first-order valence-corrected chi connectivity index (χ1v) is 15.3. The Labute approximate surface area is 247 Å². The molecule has 224 valence electrons. The number of nitrogens with one attached hydrogen (secondary N) is 2. The lowest BCUT2D eigenvalue weighted by Gasteiger charge is -2.22. The standard InChI is InChI=1S/C31H37N3O7S/c1-39-27-15-13-23(21-25(27)31(36)34-18-8-4-5-9-19-34)42(37,38)33-26-11-7-6-10-24(26)30(35)32-17-16-22-12-14-28(40-2)29(20-22)41-3/h6-7,10-15,20-21,33H,4-5,8-9,16-19H2,1-3H3,(H,32,35). The summed E-state index contributed by atoms with van der Waals surface area (Å²) in [6.45, 7) is 1.55. The van der Waals surface area contributed by atoms with Gasteiger partial charge in [-0.3, -0.25) is 14.3 Å².